The second-order valence-corrected chi connectivity index (χ2v) is 6.72. The van der Waals surface area contributed by atoms with Gasteiger partial charge in [-0.25, -0.2) is 5.43 Å². The van der Waals surface area contributed by atoms with Crippen molar-refractivity contribution in [3.05, 3.63) is 81.6 Å². The quantitative estimate of drug-likeness (QED) is 0.355. The molecule has 0 unspecified atom stereocenters. The van der Waals surface area contributed by atoms with Crippen molar-refractivity contribution >= 4 is 17.8 Å². The number of nitro benzene ring substituents is 1. The van der Waals surface area contributed by atoms with Gasteiger partial charge in [-0.1, -0.05) is 24.3 Å². The molecule has 1 atom stereocenters. The van der Waals surface area contributed by atoms with Crippen molar-refractivity contribution in [2.45, 2.75) is 26.9 Å². The maximum absolute atomic E-state index is 12.2. The fraction of sp³-hybridized carbons (Fsp3) is 0.182. The van der Waals surface area contributed by atoms with Crippen molar-refractivity contribution in [3.8, 4) is 17.1 Å². The lowest BCUT2D eigenvalue weighted by atomic mass is 10.1. The molecule has 2 aromatic carbocycles. The van der Waals surface area contributed by atoms with E-state index in [0.29, 0.717) is 22.8 Å². The summed E-state index contributed by atoms with van der Waals surface area (Å²) in [7, 11) is 0. The lowest BCUT2D eigenvalue weighted by Gasteiger charge is -2.14. The molecule has 0 aliphatic rings. The number of hydrogen-bond donors (Lipinski definition) is 1. The molecule has 3 aromatic rings. The van der Waals surface area contributed by atoms with Gasteiger partial charge in [0, 0.05) is 17.7 Å². The molecule has 0 aliphatic heterocycles. The number of amides is 1. The Kier molecular flexibility index (Phi) is 6.26. The lowest BCUT2D eigenvalue weighted by molar-refractivity contribution is -0.384. The molecule has 1 heterocycles. The number of nitro groups is 1. The Bertz CT molecular complexity index is 1100. The van der Waals surface area contributed by atoms with E-state index in [-0.39, 0.29) is 5.69 Å². The molecule has 1 amide bonds. The van der Waals surface area contributed by atoms with Crippen LogP contribution in [-0.2, 0) is 4.79 Å². The number of hydrogen-bond acceptors (Lipinski definition) is 6. The Morgan fingerprint density at radius 1 is 1.17 bits per heavy atom. The van der Waals surface area contributed by atoms with Crippen molar-refractivity contribution in [1.82, 2.24) is 5.43 Å². The van der Waals surface area contributed by atoms with E-state index in [4.69, 9.17) is 9.15 Å². The summed E-state index contributed by atoms with van der Waals surface area (Å²) < 4.78 is 11.3. The molecule has 8 heteroatoms. The summed E-state index contributed by atoms with van der Waals surface area (Å²) in [5.41, 5.74) is 4.79. The van der Waals surface area contributed by atoms with Crippen molar-refractivity contribution in [2.75, 3.05) is 0 Å². The van der Waals surface area contributed by atoms with Crippen LogP contribution in [0.3, 0.4) is 0 Å². The molecular weight excluding hydrogens is 386 g/mol. The largest absolute Gasteiger partial charge is 0.481 e. The third-order valence-electron chi connectivity index (χ3n) is 4.46. The molecule has 0 aliphatic carbocycles. The van der Waals surface area contributed by atoms with Crippen LogP contribution >= 0.6 is 0 Å². The van der Waals surface area contributed by atoms with Crippen molar-refractivity contribution in [1.29, 1.82) is 0 Å². The van der Waals surface area contributed by atoms with Crippen LogP contribution < -0.4 is 10.2 Å². The molecule has 0 saturated heterocycles. The smallest absolute Gasteiger partial charge is 0.280 e. The van der Waals surface area contributed by atoms with E-state index >= 15 is 0 Å². The first-order valence-corrected chi connectivity index (χ1v) is 9.25. The zero-order valence-electron chi connectivity index (χ0n) is 16.8. The van der Waals surface area contributed by atoms with Crippen LogP contribution in [-0.4, -0.2) is 23.1 Å². The van der Waals surface area contributed by atoms with Crippen molar-refractivity contribution in [3.63, 3.8) is 0 Å². The van der Waals surface area contributed by atoms with Gasteiger partial charge in [0.2, 0.25) is 0 Å². The zero-order valence-corrected chi connectivity index (χ0v) is 16.8. The summed E-state index contributed by atoms with van der Waals surface area (Å²) in [6.07, 6.45) is 0.622. The summed E-state index contributed by atoms with van der Waals surface area (Å²) in [5, 5.41) is 14.9. The van der Waals surface area contributed by atoms with E-state index in [1.807, 2.05) is 32.0 Å². The first kappa shape index (κ1) is 20.8. The molecule has 0 spiro atoms. The third kappa shape index (κ3) is 4.91. The number of non-ortho nitro benzene ring substituents is 1. The second kappa shape index (κ2) is 9.04. The lowest BCUT2D eigenvalue weighted by Crippen LogP contribution is -2.33. The van der Waals surface area contributed by atoms with E-state index in [2.05, 4.69) is 10.5 Å². The van der Waals surface area contributed by atoms with Crippen molar-refractivity contribution < 1.29 is 18.9 Å². The molecule has 30 heavy (non-hydrogen) atoms. The average molecular weight is 407 g/mol. The van der Waals surface area contributed by atoms with Gasteiger partial charge in [0.1, 0.15) is 17.3 Å². The maximum atomic E-state index is 12.2. The van der Waals surface area contributed by atoms with E-state index < -0.39 is 16.9 Å². The molecule has 8 nitrogen and oxygen atoms in total. The van der Waals surface area contributed by atoms with Crippen molar-refractivity contribution in [2.24, 2.45) is 5.10 Å². The number of ether oxygens (including phenoxy) is 1. The van der Waals surface area contributed by atoms with Gasteiger partial charge in [-0.3, -0.25) is 14.9 Å². The average Bonchev–Trinajstić information content (AvgIpc) is 3.18. The highest BCUT2D eigenvalue weighted by molar-refractivity contribution is 5.83. The Hall–Kier alpha value is -3.94. The summed E-state index contributed by atoms with van der Waals surface area (Å²) in [4.78, 5) is 22.7. The number of aryl methyl sites for hydroxylation is 2. The molecule has 1 N–H and O–H groups in total. The topological polar surface area (TPSA) is 107 Å². The van der Waals surface area contributed by atoms with E-state index in [1.54, 1.807) is 31.2 Å². The van der Waals surface area contributed by atoms with Crippen LogP contribution in [0, 0.1) is 24.0 Å². The number of carbonyl (C=O) groups is 1. The number of nitrogens with one attached hydrogen (secondary N) is 1. The molecule has 3 rings (SSSR count). The highest BCUT2D eigenvalue weighted by Crippen LogP contribution is 2.28. The standard InChI is InChI=1S/C22H21N3O5/c1-14-8-9-17(25(27)28)12-19(14)21-11-10-18(30-21)13-23-24-22(26)16(3)29-20-7-5-4-6-15(20)2/h4-13,16H,1-3H3,(H,24,26)/b23-13-/t16-/m0/s1. The Balaban J connectivity index is 1.63. The van der Waals surface area contributed by atoms with Crippen LogP contribution in [0.2, 0.25) is 0 Å². The van der Waals surface area contributed by atoms with E-state index in [1.165, 1.54) is 18.3 Å². The van der Waals surface area contributed by atoms with Gasteiger partial charge >= 0.3 is 0 Å². The number of rotatable bonds is 7. The first-order chi connectivity index (χ1) is 14.3. The summed E-state index contributed by atoms with van der Waals surface area (Å²) in [6.45, 7) is 5.37. The molecule has 0 radical (unpaired) electrons. The first-order valence-electron chi connectivity index (χ1n) is 9.25. The number of hydrazone groups is 1. The number of nitrogens with zero attached hydrogens (tertiary/aromatic N) is 2. The van der Waals surface area contributed by atoms with Gasteiger partial charge in [0.15, 0.2) is 6.10 Å². The van der Waals surface area contributed by atoms with E-state index in [0.717, 1.165) is 11.1 Å². The van der Waals surface area contributed by atoms with Crippen LogP contribution in [0.15, 0.2) is 64.1 Å². The molecule has 0 bridgehead atoms. The van der Waals surface area contributed by atoms with Gasteiger partial charge in [0.05, 0.1) is 11.1 Å². The Morgan fingerprint density at radius 3 is 2.67 bits per heavy atom. The van der Waals surface area contributed by atoms with Crippen LogP contribution in [0.4, 0.5) is 5.69 Å². The third-order valence-corrected chi connectivity index (χ3v) is 4.46. The minimum atomic E-state index is -0.733. The molecule has 0 fully saturated rings. The van der Waals surface area contributed by atoms with Crippen LogP contribution in [0.25, 0.3) is 11.3 Å². The number of carbonyl (C=O) groups excluding carboxylic acids is 1. The highest BCUT2D eigenvalue weighted by Gasteiger charge is 2.15. The monoisotopic (exact) mass is 407 g/mol. The van der Waals surface area contributed by atoms with Gasteiger partial charge < -0.3 is 9.15 Å². The summed E-state index contributed by atoms with van der Waals surface area (Å²) >= 11 is 0. The zero-order chi connectivity index (χ0) is 21.7. The van der Waals surface area contributed by atoms with E-state index in [9.17, 15) is 14.9 Å². The number of benzene rings is 2. The minimum absolute atomic E-state index is 0.0166. The number of furan rings is 1. The molecule has 154 valence electrons. The molecular formula is C22H21N3O5. The maximum Gasteiger partial charge on any atom is 0.280 e. The molecule has 1 aromatic heterocycles. The van der Waals surface area contributed by atoms with Crippen LogP contribution in [0.1, 0.15) is 23.8 Å². The normalized spacial score (nSPS) is 12.0. The Labute approximate surface area is 173 Å². The fourth-order valence-corrected chi connectivity index (χ4v) is 2.74. The second-order valence-electron chi connectivity index (χ2n) is 6.72. The fourth-order valence-electron chi connectivity index (χ4n) is 2.74. The SMILES string of the molecule is Cc1ccccc1O[C@@H](C)C(=O)N/N=C\c1ccc(-c2cc([N+](=O)[O-])ccc2C)o1. The predicted octanol–water partition coefficient (Wildman–Crippen LogP) is 4.39. The Morgan fingerprint density at radius 2 is 1.93 bits per heavy atom. The summed E-state index contributed by atoms with van der Waals surface area (Å²) in [6, 6.07) is 15.3. The predicted molar refractivity (Wildman–Crippen MR) is 113 cm³/mol. The van der Waals surface area contributed by atoms with Gasteiger partial charge in [-0.2, -0.15) is 5.10 Å². The molecule has 0 saturated carbocycles. The summed E-state index contributed by atoms with van der Waals surface area (Å²) in [5.74, 6) is 1.09. The van der Waals surface area contributed by atoms with Gasteiger partial charge in [-0.05, 0) is 50.1 Å². The highest BCUT2D eigenvalue weighted by atomic mass is 16.6. The van der Waals surface area contributed by atoms with Gasteiger partial charge in [0.25, 0.3) is 11.6 Å². The number of para-hydroxylation sites is 1. The van der Waals surface area contributed by atoms with Gasteiger partial charge in [-0.15, -0.1) is 0 Å². The minimum Gasteiger partial charge on any atom is -0.481 e. The van der Waals surface area contributed by atoms with Crippen LogP contribution in [0.5, 0.6) is 5.75 Å².